The second-order valence-electron chi connectivity index (χ2n) is 9.20. The van der Waals surface area contributed by atoms with Gasteiger partial charge < -0.3 is 4.74 Å². The second kappa shape index (κ2) is 9.11. The van der Waals surface area contributed by atoms with Crippen LogP contribution in [0.15, 0.2) is 42.0 Å². The third kappa shape index (κ3) is 4.59. The van der Waals surface area contributed by atoms with Gasteiger partial charge in [0.2, 0.25) is 0 Å². The quantitative estimate of drug-likeness (QED) is 0.490. The average molecular weight is 382 g/mol. The summed E-state index contributed by atoms with van der Waals surface area (Å²) in [5.41, 5.74) is 2.96. The number of Topliss-reactive ketones (excluding diaryl/α,β-unsaturated/α-hetero) is 1. The van der Waals surface area contributed by atoms with Crippen LogP contribution in [-0.2, 0) is 4.79 Å². The molecule has 0 heterocycles. The molecule has 1 atom stereocenters. The SMILES string of the molecule is CC(C)C1=CC=CC(C(=O)COc2c(C(C)C)cccc2C(C)C)(C(C)C)[CH]1. The van der Waals surface area contributed by atoms with E-state index in [1.54, 1.807) is 0 Å². The number of ketones is 1. The molecule has 153 valence electrons. The number of para-hydroxylation sites is 1. The van der Waals surface area contributed by atoms with Gasteiger partial charge in [0.05, 0.1) is 5.41 Å². The first-order valence-corrected chi connectivity index (χ1v) is 10.6. The van der Waals surface area contributed by atoms with Gasteiger partial charge in [-0.25, -0.2) is 0 Å². The fourth-order valence-corrected chi connectivity index (χ4v) is 3.82. The zero-order chi connectivity index (χ0) is 21.1. The molecule has 0 fully saturated rings. The summed E-state index contributed by atoms with van der Waals surface area (Å²) in [5.74, 6) is 2.27. The summed E-state index contributed by atoms with van der Waals surface area (Å²) < 4.78 is 6.25. The molecule has 1 radical (unpaired) electrons. The normalized spacial score (nSPS) is 19.6. The highest BCUT2D eigenvalue weighted by atomic mass is 16.5. The molecule has 2 rings (SSSR count). The molecule has 1 aromatic rings. The summed E-state index contributed by atoms with van der Waals surface area (Å²) in [6.07, 6.45) is 8.36. The highest BCUT2D eigenvalue weighted by molar-refractivity contribution is 5.91. The fourth-order valence-electron chi connectivity index (χ4n) is 3.82. The van der Waals surface area contributed by atoms with E-state index >= 15 is 0 Å². The Labute approximate surface area is 172 Å². The minimum absolute atomic E-state index is 0.0911. The fraction of sp³-hybridized carbons (Fsp3) is 0.538. The molecule has 0 aromatic heterocycles. The molecule has 0 N–H and O–H groups in total. The number of hydrogen-bond donors (Lipinski definition) is 0. The summed E-state index contributed by atoms with van der Waals surface area (Å²) in [6.45, 7) is 17.3. The number of allylic oxidation sites excluding steroid dienone is 4. The van der Waals surface area contributed by atoms with Crippen molar-refractivity contribution in [1.82, 2.24) is 0 Å². The molecule has 1 aliphatic rings. The van der Waals surface area contributed by atoms with E-state index in [0.717, 1.165) is 5.75 Å². The number of benzene rings is 1. The first-order valence-electron chi connectivity index (χ1n) is 10.6. The van der Waals surface area contributed by atoms with E-state index in [1.807, 2.05) is 12.2 Å². The first-order chi connectivity index (χ1) is 13.1. The molecule has 0 saturated carbocycles. The Morgan fingerprint density at radius 3 is 1.96 bits per heavy atom. The van der Waals surface area contributed by atoms with Crippen molar-refractivity contribution >= 4 is 5.78 Å². The van der Waals surface area contributed by atoms with E-state index in [4.69, 9.17) is 4.74 Å². The summed E-state index contributed by atoms with van der Waals surface area (Å²) in [5, 5.41) is 0. The Morgan fingerprint density at radius 1 is 0.929 bits per heavy atom. The zero-order valence-electron chi connectivity index (χ0n) is 18.9. The van der Waals surface area contributed by atoms with Crippen molar-refractivity contribution in [1.29, 1.82) is 0 Å². The standard InChI is InChI=1S/C26H37O2/c1-17(2)21-11-10-14-26(15-21,20(7)8)24(27)16-28-25-22(18(3)4)12-9-13-23(25)19(5)6/h9-15,17-20H,16H2,1-8H3. The van der Waals surface area contributed by atoms with Crippen molar-refractivity contribution in [2.24, 2.45) is 17.3 Å². The smallest absolute Gasteiger partial charge is 0.180 e. The van der Waals surface area contributed by atoms with E-state index in [-0.39, 0.29) is 18.3 Å². The van der Waals surface area contributed by atoms with Crippen molar-refractivity contribution in [2.75, 3.05) is 6.61 Å². The molecular formula is C26H37O2. The zero-order valence-corrected chi connectivity index (χ0v) is 18.9. The van der Waals surface area contributed by atoms with Gasteiger partial charge in [-0.2, -0.15) is 0 Å². The van der Waals surface area contributed by atoms with E-state index < -0.39 is 5.41 Å². The summed E-state index contributed by atoms with van der Waals surface area (Å²) in [7, 11) is 0. The lowest BCUT2D eigenvalue weighted by Gasteiger charge is -2.37. The number of rotatable bonds is 8. The summed E-state index contributed by atoms with van der Waals surface area (Å²) in [6, 6.07) is 6.31. The van der Waals surface area contributed by atoms with Gasteiger partial charge in [0.25, 0.3) is 0 Å². The molecule has 0 aliphatic heterocycles. The van der Waals surface area contributed by atoms with Gasteiger partial charge in [0, 0.05) is 6.42 Å². The van der Waals surface area contributed by atoms with Crippen molar-refractivity contribution < 1.29 is 9.53 Å². The number of carbonyl (C=O) groups excluding carboxylic acids is 1. The third-order valence-corrected chi connectivity index (χ3v) is 5.84. The third-order valence-electron chi connectivity index (χ3n) is 5.84. The maximum Gasteiger partial charge on any atom is 0.180 e. The summed E-state index contributed by atoms with van der Waals surface area (Å²) >= 11 is 0. The Kier molecular flexibility index (Phi) is 7.31. The number of carbonyl (C=O) groups is 1. The predicted molar refractivity (Wildman–Crippen MR) is 119 cm³/mol. The van der Waals surface area contributed by atoms with Gasteiger partial charge >= 0.3 is 0 Å². The monoisotopic (exact) mass is 381 g/mol. The minimum Gasteiger partial charge on any atom is -0.485 e. The largest absolute Gasteiger partial charge is 0.485 e. The molecule has 1 aliphatic carbocycles. The van der Waals surface area contributed by atoms with Crippen LogP contribution in [0.2, 0.25) is 0 Å². The van der Waals surface area contributed by atoms with Crippen LogP contribution in [0.1, 0.15) is 78.4 Å². The highest BCUT2D eigenvalue weighted by Gasteiger charge is 2.41. The highest BCUT2D eigenvalue weighted by Crippen LogP contribution is 2.41. The molecule has 0 saturated heterocycles. The van der Waals surface area contributed by atoms with Crippen LogP contribution in [0.4, 0.5) is 0 Å². The van der Waals surface area contributed by atoms with E-state index in [0.29, 0.717) is 17.8 Å². The number of ether oxygens (including phenoxy) is 1. The Bertz CT molecular complexity index is 723. The number of hydrogen-bond acceptors (Lipinski definition) is 2. The second-order valence-corrected chi connectivity index (χ2v) is 9.20. The molecule has 0 spiro atoms. The van der Waals surface area contributed by atoms with Gasteiger partial charge in [-0.1, -0.05) is 97.4 Å². The van der Waals surface area contributed by atoms with E-state index in [2.05, 4.69) is 86.1 Å². The maximum absolute atomic E-state index is 13.4. The molecule has 2 nitrogen and oxygen atoms in total. The maximum atomic E-state index is 13.4. The van der Waals surface area contributed by atoms with E-state index in [1.165, 1.54) is 16.7 Å². The molecule has 0 bridgehead atoms. The van der Waals surface area contributed by atoms with Gasteiger partial charge in [-0.3, -0.25) is 4.79 Å². The van der Waals surface area contributed by atoms with Gasteiger partial charge in [-0.05, 0) is 34.8 Å². The van der Waals surface area contributed by atoms with Gasteiger partial charge in [0.1, 0.15) is 12.4 Å². The van der Waals surface area contributed by atoms with Crippen molar-refractivity contribution in [2.45, 2.75) is 67.2 Å². The van der Waals surface area contributed by atoms with E-state index in [9.17, 15) is 4.79 Å². The topological polar surface area (TPSA) is 26.3 Å². The lowest BCUT2D eigenvalue weighted by molar-refractivity contribution is -0.128. The lowest BCUT2D eigenvalue weighted by atomic mass is 9.66. The van der Waals surface area contributed by atoms with Crippen LogP contribution in [0.3, 0.4) is 0 Å². The van der Waals surface area contributed by atoms with Crippen LogP contribution >= 0.6 is 0 Å². The van der Waals surface area contributed by atoms with Gasteiger partial charge in [-0.15, -0.1) is 0 Å². The van der Waals surface area contributed by atoms with Crippen LogP contribution in [0.25, 0.3) is 0 Å². The van der Waals surface area contributed by atoms with Crippen LogP contribution < -0.4 is 4.74 Å². The molecule has 28 heavy (non-hydrogen) atoms. The van der Waals surface area contributed by atoms with Crippen LogP contribution in [0, 0.1) is 23.7 Å². The van der Waals surface area contributed by atoms with Crippen molar-refractivity contribution in [3.8, 4) is 5.75 Å². The first kappa shape index (κ1) is 22.5. The lowest BCUT2D eigenvalue weighted by Crippen LogP contribution is -2.40. The average Bonchev–Trinajstić information content (AvgIpc) is 2.65. The molecule has 1 unspecified atom stereocenters. The molecular weight excluding hydrogens is 344 g/mol. The van der Waals surface area contributed by atoms with Crippen molar-refractivity contribution in [3.63, 3.8) is 0 Å². The molecule has 2 heteroatoms. The Morgan fingerprint density at radius 2 is 1.50 bits per heavy atom. The Balaban J connectivity index is 2.30. The van der Waals surface area contributed by atoms with Crippen molar-refractivity contribution in [3.05, 3.63) is 59.5 Å². The van der Waals surface area contributed by atoms with Crippen LogP contribution in [-0.4, -0.2) is 12.4 Å². The Hall–Kier alpha value is -1.83. The summed E-state index contributed by atoms with van der Waals surface area (Å²) in [4.78, 5) is 13.4. The minimum atomic E-state index is -0.598. The molecule has 1 aromatic carbocycles. The molecule has 0 amide bonds. The van der Waals surface area contributed by atoms with Crippen LogP contribution in [0.5, 0.6) is 5.75 Å². The van der Waals surface area contributed by atoms with Gasteiger partial charge in [0.15, 0.2) is 5.78 Å². The predicted octanol–water partition coefficient (Wildman–Crippen LogP) is 6.88.